The fourth-order valence-corrected chi connectivity index (χ4v) is 1.31. The second-order valence-electron chi connectivity index (χ2n) is 3.33. The summed E-state index contributed by atoms with van der Waals surface area (Å²) in [7, 11) is 1.45. The summed E-state index contributed by atoms with van der Waals surface area (Å²) in [6, 6.07) is 1.48. The molecule has 0 aliphatic carbocycles. The fraction of sp³-hybridized carbons (Fsp3) is 0.300. The van der Waals surface area contributed by atoms with E-state index in [9.17, 15) is 19.3 Å². The van der Waals surface area contributed by atoms with Crippen LogP contribution in [0.1, 0.15) is 10.4 Å². The highest BCUT2D eigenvalue weighted by molar-refractivity contribution is 5.90. The molecule has 0 unspecified atom stereocenters. The number of nitrogens with zero attached hydrogens (tertiary/aromatic N) is 1. The number of carboxylic acid groups (broad SMARTS) is 1. The van der Waals surface area contributed by atoms with Gasteiger partial charge in [-0.2, -0.15) is 0 Å². The van der Waals surface area contributed by atoms with Crippen molar-refractivity contribution in [2.45, 2.75) is 0 Å². The Balaban J connectivity index is 3.14. The molecule has 1 rings (SSSR count). The van der Waals surface area contributed by atoms with Crippen LogP contribution >= 0.6 is 0 Å². The maximum Gasteiger partial charge on any atom is 0.338 e. The van der Waals surface area contributed by atoms with Gasteiger partial charge in [-0.25, -0.2) is 9.18 Å². The van der Waals surface area contributed by atoms with Crippen LogP contribution in [0.3, 0.4) is 0 Å². The summed E-state index contributed by atoms with van der Waals surface area (Å²) < 4.78 is 18.0. The largest absolute Gasteiger partial charge is 0.478 e. The normalized spacial score (nSPS) is 10.1. The van der Waals surface area contributed by atoms with Gasteiger partial charge in [-0.3, -0.25) is 10.1 Å². The van der Waals surface area contributed by atoms with Gasteiger partial charge in [-0.1, -0.05) is 0 Å². The van der Waals surface area contributed by atoms with Gasteiger partial charge in [0.25, 0.3) is 5.69 Å². The SMILES string of the molecule is COCCNc1cc(C(=O)O)c(F)cc1[N+](=O)[O-]. The van der Waals surface area contributed by atoms with Crippen molar-refractivity contribution in [2.24, 2.45) is 0 Å². The number of benzene rings is 1. The van der Waals surface area contributed by atoms with E-state index < -0.39 is 28.0 Å². The van der Waals surface area contributed by atoms with E-state index in [-0.39, 0.29) is 18.8 Å². The zero-order valence-corrected chi connectivity index (χ0v) is 9.47. The number of carbonyl (C=O) groups is 1. The van der Waals surface area contributed by atoms with Crippen molar-refractivity contribution in [2.75, 3.05) is 25.6 Å². The predicted octanol–water partition coefficient (Wildman–Crippen LogP) is 1.49. The molecule has 0 aliphatic rings. The van der Waals surface area contributed by atoms with Gasteiger partial charge in [-0.05, 0) is 6.07 Å². The summed E-state index contributed by atoms with van der Waals surface area (Å²) in [5.74, 6) is -2.64. The second-order valence-corrected chi connectivity index (χ2v) is 3.33. The van der Waals surface area contributed by atoms with Crippen LogP contribution in [0.5, 0.6) is 0 Å². The molecule has 0 radical (unpaired) electrons. The maximum atomic E-state index is 13.3. The molecule has 0 aliphatic heterocycles. The van der Waals surface area contributed by atoms with Crippen molar-refractivity contribution in [3.05, 3.63) is 33.6 Å². The van der Waals surface area contributed by atoms with E-state index in [0.717, 1.165) is 6.07 Å². The third kappa shape index (κ3) is 3.14. The number of ether oxygens (including phenoxy) is 1. The predicted molar refractivity (Wildman–Crippen MR) is 60.4 cm³/mol. The van der Waals surface area contributed by atoms with E-state index in [1.807, 2.05) is 0 Å². The standard InChI is InChI=1S/C10H11FN2O5/c1-18-3-2-12-8-4-6(10(14)15)7(11)5-9(8)13(16)17/h4-5,12H,2-3H2,1H3,(H,14,15). The van der Waals surface area contributed by atoms with Crippen LogP contribution in [0, 0.1) is 15.9 Å². The molecule has 0 amide bonds. The van der Waals surface area contributed by atoms with Crippen LogP contribution in [-0.2, 0) is 4.74 Å². The number of anilines is 1. The molecule has 0 atom stereocenters. The van der Waals surface area contributed by atoms with Gasteiger partial charge >= 0.3 is 5.97 Å². The highest BCUT2D eigenvalue weighted by atomic mass is 19.1. The molecule has 18 heavy (non-hydrogen) atoms. The Morgan fingerprint density at radius 2 is 2.28 bits per heavy atom. The molecule has 1 aromatic carbocycles. The average Bonchev–Trinajstić information content (AvgIpc) is 2.30. The summed E-state index contributed by atoms with van der Waals surface area (Å²) in [5.41, 5.74) is -1.20. The van der Waals surface area contributed by atoms with Gasteiger partial charge < -0.3 is 15.2 Å². The van der Waals surface area contributed by atoms with E-state index in [4.69, 9.17) is 9.84 Å². The Hall–Kier alpha value is -2.22. The molecule has 0 saturated heterocycles. The molecule has 1 aromatic rings. The van der Waals surface area contributed by atoms with Crippen molar-refractivity contribution in [1.82, 2.24) is 0 Å². The van der Waals surface area contributed by atoms with Gasteiger partial charge in [0.1, 0.15) is 11.5 Å². The summed E-state index contributed by atoms with van der Waals surface area (Å²) in [5, 5.41) is 22.1. The van der Waals surface area contributed by atoms with Crippen molar-refractivity contribution in [3.8, 4) is 0 Å². The minimum absolute atomic E-state index is 0.0594. The minimum Gasteiger partial charge on any atom is -0.478 e. The number of nitro groups is 1. The van der Waals surface area contributed by atoms with Crippen LogP contribution in [0.4, 0.5) is 15.8 Å². The van der Waals surface area contributed by atoms with E-state index >= 15 is 0 Å². The van der Waals surface area contributed by atoms with Gasteiger partial charge in [0.05, 0.1) is 23.2 Å². The Bertz CT molecular complexity index is 478. The average molecular weight is 258 g/mol. The lowest BCUT2D eigenvalue weighted by Gasteiger charge is -2.08. The summed E-state index contributed by atoms with van der Waals surface area (Å²) >= 11 is 0. The van der Waals surface area contributed by atoms with E-state index in [1.165, 1.54) is 7.11 Å². The van der Waals surface area contributed by atoms with E-state index in [0.29, 0.717) is 6.07 Å². The molecule has 2 N–H and O–H groups in total. The van der Waals surface area contributed by atoms with Gasteiger partial charge in [0, 0.05) is 13.7 Å². The zero-order chi connectivity index (χ0) is 13.7. The molecule has 0 heterocycles. The molecule has 98 valence electrons. The van der Waals surface area contributed by atoms with Gasteiger partial charge in [0.2, 0.25) is 0 Å². The van der Waals surface area contributed by atoms with Crippen LogP contribution in [0.15, 0.2) is 12.1 Å². The highest BCUT2D eigenvalue weighted by Gasteiger charge is 2.21. The summed E-state index contributed by atoms with van der Waals surface area (Å²) in [6.07, 6.45) is 0. The molecule has 0 saturated carbocycles. The third-order valence-electron chi connectivity index (χ3n) is 2.13. The smallest absolute Gasteiger partial charge is 0.338 e. The van der Waals surface area contributed by atoms with Gasteiger partial charge in [0.15, 0.2) is 0 Å². The Kier molecular flexibility index (Phi) is 4.55. The number of rotatable bonds is 6. The number of hydrogen-bond acceptors (Lipinski definition) is 5. The first kappa shape index (κ1) is 13.8. The Morgan fingerprint density at radius 3 is 2.78 bits per heavy atom. The molecular formula is C10H11FN2O5. The molecule has 7 nitrogen and oxygen atoms in total. The quantitative estimate of drug-likeness (QED) is 0.455. The maximum absolute atomic E-state index is 13.3. The van der Waals surface area contributed by atoms with Crippen molar-refractivity contribution in [3.63, 3.8) is 0 Å². The number of halogens is 1. The molecule has 0 fully saturated rings. The van der Waals surface area contributed by atoms with E-state index in [2.05, 4.69) is 5.32 Å². The molecule has 0 aromatic heterocycles. The van der Waals surface area contributed by atoms with Crippen LogP contribution < -0.4 is 5.32 Å². The second kappa shape index (κ2) is 5.92. The third-order valence-corrected chi connectivity index (χ3v) is 2.13. The zero-order valence-electron chi connectivity index (χ0n) is 9.47. The van der Waals surface area contributed by atoms with Gasteiger partial charge in [-0.15, -0.1) is 0 Å². The van der Waals surface area contributed by atoms with E-state index in [1.54, 1.807) is 0 Å². The summed E-state index contributed by atoms with van der Waals surface area (Å²) in [4.78, 5) is 20.6. The lowest BCUT2D eigenvalue weighted by molar-refractivity contribution is -0.384. The molecule has 8 heteroatoms. The first-order valence-electron chi connectivity index (χ1n) is 4.91. The monoisotopic (exact) mass is 258 g/mol. The fourth-order valence-electron chi connectivity index (χ4n) is 1.31. The molecular weight excluding hydrogens is 247 g/mol. The lowest BCUT2D eigenvalue weighted by Crippen LogP contribution is -2.11. The lowest BCUT2D eigenvalue weighted by atomic mass is 10.1. The number of aromatic carboxylic acids is 1. The first-order chi connectivity index (χ1) is 8.47. The van der Waals surface area contributed by atoms with Crippen molar-refractivity contribution >= 4 is 17.3 Å². The van der Waals surface area contributed by atoms with Crippen molar-refractivity contribution in [1.29, 1.82) is 0 Å². The number of carboxylic acids is 1. The summed E-state index contributed by atoms with van der Waals surface area (Å²) in [6.45, 7) is 0.513. The number of nitro benzene ring substituents is 1. The highest BCUT2D eigenvalue weighted by Crippen LogP contribution is 2.27. The first-order valence-corrected chi connectivity index (χ1v) is 4.91. The molecule has 0 spiro atoms. The Labute approximate surface area is 101 Å². The van der Waals surface area contributed by atoms with Crippen molar-refractivity contribution < 1.29 is 24.0 Å². The number of hydrogen-bond donors (Lipinski definition) is 2. The topological polar surface area (TPSA) is 102 Å². The number of nitrogens with one attached hydrogen (secondary N) is 1. The Morgan fingerprint density at radius 1 is 1.61 bits per heavy atom. The van der Waals surface area contributed by atoms with Crippen LogP contribution in [0.2, 0.25) is 0 Å². The van der Waals surface area contributed by atoms with Crippen LogP contribution in [0.25, 0.3) is 0 Å². The molecule has 0 bridgehead atoms. The minimum atomic E-state index is -1.49. The number of methoxy groups -OCH3 is 1. The van der Waals surface area contributed by atoms with Crippen LogP contribution in [-0.4, -0.2) is 36.3 Å².